The molecule has 1 aromatic carbocycles. The van der Waals surface area contributed by atoms with E-state index in [1.54, 1.807) is 12.1 Å². The summed E-state index contributed by atoms with van der Waals surface area (Å²) in [6.45, 7) is 0.750. The number of piperidine rings is 1. The average Bonchev–Trinajstić information content (AvgIpc) is 2.91. The second-order valence-electron chi connectivity index (χ2n) is 6.13. The Morgan fingerprint density at radius 1 is 1.17 bits per heavy atom. The van der Waals surface area contributed by atoms with Gasteiger partial charge in [-0.1, -0.05) is 0 Å². The fourth-order valence-electron chi connectivity index (χ4n) is 3.44. The number of hydrogen-bond donors (Lipinski definition) is 1. The summed E-state index contributed by atoms with van der Waals surface area (Å²) in [5, 5.41) is 3.35. The zero-order chi connectivity index (χ0) is 15.6. The summed E-state index contributed by atoms with van der Waals surface area (Å²) in [5.41, 5.74) is 0.784. The van der Waals surface area contributed by atoms with Crippen molar-refractivity contribution >= 4 is 18.3 Å². The summed E-state index contributed by atoms with van der Waals surface area (Å²) in [6, 6.07) is 5.92. The summed E-state index contributed by atoms with van der Waals surface area (Å²) in [5.74, 6) is 0.0433. The van der Waals surface area contributed by atoms with E-state index in [9.17, 15) is 13.6 Å². The Bertz CT molecular complexity index is 533. The van der Waals surface area contributed by atoms with Gasteiger partial charge in [-0.2, -0.15) is 8.78 Å². The minimum absolute atomic E-state index is 0. The number of likely N-dealkylation sites (tertiary alicyclic amines) is 1. The van der Waals surface area contributed by atoms with Crippen LogP contribution >= 0.6 is 12.4 Å². The van der Waals surface area contributed by atoms with Crippen LogP contribution in [0.5, 0.6) is 5.75 Å². The van der Waals surface area contributed by atoms with E-state index >= 15 is 0 Å². The van der Waals surface area contributed by atoms with Gasteiger partial charge in [0.1, 0.15) is 5.75 Å². The van der Waals surface area contributed by atoms with Gasteiger partial charge in [0.25, 0.3) is 5.91 Å². The van der Waals surface area contributed by atoms with Crippen LogP contribution in [-0.2, 0) is 0 Å². The van der Waals surface area contributed by atoms with Crippen molar-refractivity contribution in [3.63, 3.8) is 0 Å². The number of alkyl halides is 2. The third-order valence-corrected chi connectivity index (χ3v) is 4.72. The number of hydrogen-bond acceptors (Lipinski definition) is 3. The van der Waals surface area contributed by atoms with Crippen LogP contribution in [0.3, 0.4) is 0 Å². The maximum Gasteiger partial charge on any atom is 0.387 e. The maximum absolute atomic E-state index is 12.5. The third kappa shape index (κ3) is 4.12. The minimum Gasteiger partial charge on any atom is -0.435 e. The highest BCUT2D eigenvalue weighted by molar-refractivity contribution is 5.94. The van der Waals surface area contributed by atoms with Crippen molar-refractivity contribution in [3.8, 4) is 5.75 Å². The lowest BCUT2D eigenvalue weighted by molar-refractivity contribution is -0.0498. The van der Waals surface area contributed by atoms with Gasteiger partial charge in [0, 0.05) is 18.7 Å². The number of ether oxygens (including phenoxy) is 1. The van der Waals surface area contributed by atoms with Gasteiger partial charge < -0.3 is 15.0 Å². The van der Waals surface area contributed by atoms with E-state index in [0.717, 1.165) is 45.4 Å². The highest BCUT2D eigenvalue weighted by atomic mass is 35.5. The summed E-state index contributed by atoms with van der Waals surface area (Å²) in [7, 11) is 0. The molecule has 2 heterocycles. The van der Waals surface area contributed by atoms with Crippen LogP contribution in [0.1, 0.15) is 29.6 Å². The molecule has 1 spiro atoms. The molecule has 4 nitrogen and oxygen atoms in total. The molecule has 2 saturated heterocycles. The topological polar surface area (TPSA) is 41.6 Å². The molecule has 0 saturated carbocycles. The standard InChI is InChI=1S/C16H20F2N2O2.ClH/c17-15(18)22-13-3-1-12(2-4-13)14(21)20-10-7-16(11-20)5-8-19-9-6-16;/h1-4,15,19H,5-11H2;1H. The number of nitrogens with zero attached hydrogens (tertiary/aromatic N) is 1. The molecule has 2 aliphatic heterocycles. The molecule has 128 valence electrons. The number of benzene rings is 1. The molecule has 23 heavy (non-hydrogen) atoms. The van der Waals surface area contributed by atoms with Crippen molar-refractivity contribution in [2.75, 3.05) is 26.2 Å². The van der Waals surface area contributed by atoms with Crippen molar-refractivity contribution in [3.05, 3.63) is 29.8 Å². The van der Waals surface area contributed by atoms with Crippen molar-refractivity contribution in [1.29, 1.82) is 0 Å². The second kappa shape index (κ2) is 7.45. The van der Waals surface area contributed by atoms with E-state index in [4.69, 9.17) is 0 Å². The lowest BCUT2D eigenvalue weighted by Gasteiger charge is -2.33. The molecule has 2 fully saturated rings. The van der Waals surface area contributed by atoms with Gasteiger partial charge in [-0.3, -0.25) is 4.79 Å². The Kier molecular flexibility index (Phi) is 5.81. The van der Waals surface area contributed by atoms with Crippen molar-refractivity contribution in [2.24, 2.45) is 5.41 Å². The van der Waals surface area contributed by atoms with Crippen molar-refractivity contribution in [1.82, 2.24) is 10.2 Å². The van der Waals surface area contributed by atoms with Gasteiger partial charge >= 0.3 is 6.61 Å². The first-order valence-corrected chi connectivity index (χ1v) is 7.63. The number of nitrogens with one attached hydrogen (secondary N) is 1. The predicted octanol–water partition coefficient (Wildman–Crippen LogP) is 2.93. The van der Waals surface area contributed by atoms with Gasteiger partial charge in [0.15, 0.2) is 0 Å². The van der Waals surface area contributed by atoms with E-state index in [0.29, 0.717) is 5.56 Å². The van der Waals surface area contributed by atoms with Gasteiger partial charge in [0.05, 0.1) is 0 Å². The molecule has 0 aromatic heterocycles. The molecular weight excluding hydrogens is 326 g/mol. The molecule has 1 N–H and O–H groups in total. The first kappa shape index (κ1) is 17.9. The van der Waals surface area contributed by atoms with E-state index in [1.807, 2.05) is 4.90 Å². The first-order valence-electron chi connectivity index (χ1n) is 7.63. The highest BCUT2D eigenvalue weighted by Gasteiger charge is 2.40. The highest BCUT2D eigenvalue weighted by Crippen LogP contribution is 2.39. The van der Waals surface area contributed by atoms with Crippen LogP contribution in [0.2, 0.25) is 0 Å². The molecule has 2 aliphatic rings. The monoisotopic (exact) mass is 346 g/mol. The maximum atomic E-state index is 12.5. The quantitative estimate of drug-likeness (QED) is 0.915. The second-order valence-corrected chi connectivity index (χ2v) is 6.13. The molecular formula is C16H21ClF2N2O2. The lowest BCUT2D eigenvalue weighted by atomic mass is 9.78. The summed E-state index contributed by atoms with van der Waals surface area (Å²) < 4.78 is 28.5. The Morgan fingerprint density at radius 3 is 2.43 bits per heavy atom. The van der Waals surface area contributed by atoms with E-state index in [1.165, 1.54) is 12.1 Å². The Balaban J connectivity index is 0.00000192. The largest absolute Gasteiger partial charge is 0.435 e. The Morgan fingerprint density at radius 2 is 1.83 bits per heavy atom. The number of carbonyl (C=O) groups is 1. The smallest absolute Gasteiger partial charge is 0.387 e. The molecule has 0 bridgehead atoms. The summed E-state index contributed by atoms with van der Waals surface area (Å²) in [4.78, 5) is 14.4. The number of carbonyl (C=O) groups excluding carboxylic acids is 1. The number of amides is 1. The molecule has 0 radical (unpaired) electrons. The van der Waals surface area contributed by atoms with Gasteiger partial charge in [-0.15, -0.1) is 12.4 Å². The van der Waals surface area contributed by atoms with Crippen molar-refractivity contribution < 1.29 is 18.3 Å². The zero-order valence-corrected chi connectivity index (χ0v) is 13.6. The normalized spacial score (nSPS) is 19.7. The first-order chi connectivity index (χ1) is 10.6. The van der Waals surface area contributed by atoms with Crippen LogP contribution in [-0.4, -0.2) is 43.6 Å². The van der Waals surface area contributed by atoms with E-state index < -0.39 is 6.61 Å². The van der Waals surface area contributed by atoms with Gasteiger partial charge in [-0.25, -0.2) is 0 Å². The third-order valence-electron chi connectivity index (χ3n) is 4.72. The number of rotatable bonds is 3. The van der Waals surface area contributed by atoms with Crippen LogP contribution in [0.15, 0.2) is 24.3 Å². The molecule has 7 heteroatoms. The minimum atomic E-state index is -2.85. The molecule has 1 amide bonds. The van der Waals surface area contributed by atoms with E-state index in [2.05, 4.69) is 10.1 Å². The van der Waals surface area contributed by atoms with E-state index in [-0.39, 0.29) is 29.5 Å². The fourth-order valence-corrected chi connectivity index (χ4v) is 3.44. The predicted molar refractivity (Wildman–Crippen MR) is 85.4 cm³/mol. The lowest BCUT2D eigenvalue weighted by Crippen LogP contribution is -2.39. The average molecular weight is 347 g/mol. The molecule has 0 aliphatic carbocycles. The summed E-state index contributed by atoms with van der Waals surface area (Å²) >= 11 is 0. The zero-order valence-electron chi connectivity index (χ0n) is 12.8. The van der Waals surface area contributed by atoms with Crippen LogP contribution < -0.4 is 10.1 Å². The molecule has 0 unspecified atom stereocenters. The van der Waals surface area contributed by atoms with Gasteiger partial charge in [-0.05, 0) is 62.0 Å². The van der Waals surface area contributed by atoms with Crippen LogP contribution in [0.25, 0.3) is 0 Å². The fraction of sp³-hybridized carbons (Fsp3) is 0.562. The molecule has 1 aromatic rings. The SMILES string of the molecule is Cl.O=C(c1ccc(OC(F)F)cc1)N1CCC2(CCNCC2)C1. The number of halogens is 3. The Hall–Kier alpha value is -1.40. The van der Waals surface area contributed by atoms with Crippen LogP contribution in [0.4, 0.5) is 8.78 Å². The summed E-state index contributed by atoms with van der Waals surface area (Å²) in [6.07, 6.45) is 3.27. The molecule has 3 rings (SSSR count). The molecule has 0 atom stereocenters. The van der Waals surface area contributed by atoms with Crippen LogP contribution in [0, 0.1) is 5.41 Å². The van der Waals surface area contributed by atoms with Gasteiger partial charge in [0.2, 0.25) is 0 Å². The Labute approximate surface area is 140 Å². The van der Waals surface area contributed by atoms with Crippen molar-refractivity contribution in [2.45, 2.75) is 25.9 Å².